The highest BCUT2D eigenvalue weighted by atomic mass is 16.5. The molecule has 2 fully saturated rings. The smallest absolute Gasteiger partial charge is 0.237 e. The number of nitrogens with one attached hydrogen (secondary N) is 2. The predicted octanol–water partition coefficient (Wildman–Crippen LogP) is -0.260. The van der Waals surface area contributed by atoms with Crippen molar-refractivity contribution in [1.29, 1.82) is 0 Å². The standard InChI is InChI=1S/C14H25N3O3/c1-15-14(19)12-4-2-3-6-17(12)9-13(18)16-8-11-5-7-20-10-11/h11-12H,2-10H2,1H3,(H,15,19)(H,16,18)/t11-,12+/m0/s1. The fraction of sp³-hybridized carbons (Fsp3) is 0.857. The molecule has 0 radical (unpaired) electrons. The molecule has 0 spiro atoms. The van der Waals surface area contributed by atoms with Crippen LogP contribution in [0.15, 0.2) is 0 Å². The van der Waals surface area contributed by atoms with Gasteiger partial charge in [0.25, 0.3) is 0 Å². The van der Waals surface area contributed by atoms with E-state index in [-0.39, 0.29) is 17.9 Å². The fourth-order valence-electron chi connectivity index (χ4n) is 2.89. The number of hydrogen-bond donors (Lipinski definition) is 2. The Morgan fingerprint density at radius 2 is 2.15 bits per heavy atom. The van der Waals surface area contributed by atoms with E-state index in [4.69, 9.17) is 4.74 Å². The second-order valence-corrected chi connectivity index (χ2v) is 5.63. The summed E-state index contributed by atoms with van der Waals surface area (Å²) in [6.45, 7) is 3.34. The molecule has 0 aromatic heterocycles. The first-order valence-electron chi connectivity index (χ1n) is 7.51. The van der Waals surface area contributed by atoms with Crippen molar-refractivity contribution in [2.45, 2.75) is 31.7 Å². The van der Waals surface area contributed by atoms with E-state index in [1.807, 2.05) is 4.90 Å². The molecule has 0 saturated carbocycles. The zero-order valence-electron chi connectivity index (χ0n) is 12.2. The van der Waals surface area contributed by atoms with Crippen molar-refractivity contribution >= 4 is 11.8 Å². The molecule has 0 bridgehead atoms. The van der Waals surface area contributed by atoms with Gasteiger partial charge in [0.05, 0.1) is 19.2 Å². The second kappa shape index (κ2) is 7.59. The Kier molecular flexibility index (Phi) is 5.79. The largest absolute Gasteiger partial charge is 0.381 e. The lowest BCUT2D eigenvalue weighted by Crippen LogP contribution is -2.52. The molecule has 6 heteroatoms. The maximum absolute atomic E-state index is 12.0. The van der Waals surface area contributed by atoms with E-state index in [2.05, 4.69) is 10.6 Å². The molecule has 0 aromatic carbocycles. The third-order valence-electron chi connectivity index (χ3n) is 4.12. The van der Waals surface area contributed by atoms with Crippen LogP contribution in [-0.4, -0.2) is 62.7 Å². The number of likely N-dealkylation sites (tertiary alicyclic amines) is 1. The molecule has 2 atom stereocenters. The van der Waals surface area contributed by atoms with Crippen LogP contribution in [0.3, 0.4) is 0 Å². The first kappa shape index (κ1) is 15.3. The van der Waals surface area contributed by atoms with Gasteiger partial charge in [-0.05, 0) is 25.8 Å². The molecule has 20 heavy (non-hydrogen) atoms. The van der Waals surface area contributed by atoms with Crippen LogP contribution in [0, 0.1) is 5.92 Å². The zero-order chi connectivity index (χ0) is 14.4. The van der Waals surface area contributed by atoms with Gasteiger partial charge < -0.3 is 15.4 Å². The molecule has 2 aliphatic rings. The van der Waals surface area contributed by atoms with Gasteiger partial charge in [0.2, 0.25) is 11.8 Å². The highest BCUT2D eigenvalue weighted by Crippen LogP contribution is 2.16. The van der Waals surface area contributed by atoms with Gasteiger partial charge in [-0.1, -0.05) is 6.42 Å². The fourth-order valence-corrected chi connectivity index (χ4v) is 2.89. The molecule has 2 aliphatic heterocycles. The third-order valence-corrected chi connectivity index (χ3v) is 4.12. The molecular formula is C14H25N3O3. The Hall–Kier alpha value is -1.14. The Bertz CT molecular complexity index is 343. The van der Waals surface area contributed by atoms with E-state index < -0.39 is 0 Å². The summed E-state index contributed by atoms with van der Waals surface area (Å²) in [6, 6.07) is -0.158. The topological polar surface area (TPSA) is 70.7 Å². The molecule has 2 heterocycles. The number of carbonyl (C=O) groups is 2. The van der Waals surface area contributed by atoms with E-state index in [0.717, 1.165) is 45.4 Å². The molecule has 0 unspecified atom stereocenters. The molecule has 114 valence electrons. The highest BCUT2D eigenvalue weighted by molar-refractivity contribution is 5.83. The Morgan fingerprint density at radius 1 is 1.30 bits per heavy atom. The van der Waals surface area contributed by atoms with Crippen molar-refractivity contribution in [2.24, 2.45) is 5.92 Å². The van der Waals surface area contributed by atoms with Crippen LogP contribution in [0.4, 0.5) is 0 Å². The minimum Gasteiger partial charge on any atom is -0.381 e. The number of hydrogen-bond acceptors (Lipinski definition) is 4. The van der Waals surface area contributed by atoms with E-state index in [0.29, 0.717) is 19.0 Å². The Morgan fingerprint density at radius 3 is 2.85 bits per heavy atom. The lowest BCUT2D eigenvalue weighted by molar-refractivity contribution is -0.130. The molecule has 2 N–H and O–H groups in total. The van der Waals surface area contributed by atoms with Crippen molar-refractivity contribution in [2.75, 3.05) is 39.9 Å². The van der Waals surface area contributed by atoms with Crippen molar-refractivity contribution in [3.8, 4) is 0 Å². The molecule has 2 amide bonds. The molecule has 0 aromatic rings. The number of ether oxygens (including phenoxy) is 1. The van der Waals surface area contributed by atoms with Gasteiger partial charge in [-0.2, -0.15) is 0 Å². The summed E-state index contributed by atoms with van der Waals surface area (Å²) in [5.41, 5.74) is 0. The first-order chi connectivity index (χ1) is 9.70. The second-order valence-electron chi connectivity index (χ2n) is 5.63. The molecule has 2 saturated heterocycles. The third kappa shape index (κ3) is 4.18. The summed E-state index contributed by atoms with van der Waals surface area (Å²) in [6.07, 6.45) is 3.96. The molecule has 2 rings (SSSR count). The Labute approximate surface area is 120 Å². The lowest BCUT2D eigenvalue weighted by atomic mass is 10.0. The van der Waals surface area contributed by atoms with Crippen molar-refractivity contribution in [1.82, 2.24) is 15.5 Å². The molecule has 6 nitrogen and oxygen atoms in total. The van der Waals surface area contributed by atoms with Crippen LogP contribution in [0.1, 0.15) is 25.7 Å². The lowest BCUT2D eigenvalue weighted by Gasteiger charge is -2.33. The number of amides is 2. The van der Waals surface area contributed by atoms with E-state index in [9.17, 15) is 9.59 Å². The number of likely N-dealkylation sites (N-methyl/N-ethyl adjacent to an activating group) is 1. The van der Waals surface area contributed by atoms with E-state index in [1.54, 1.807) is 7.05 Å². The Balaban J connectivity index is 1.77. The summed E-state index contributed by atoms with van der Waals surface area (Å²) in [7, 11) is 1.65. The minimum atomic E-state index is -0.158. The van der Waals surface area contributed by atoms with Crippen LogP contribution >= 0.6 is 0 Å². The average molecular weight is 283 g/mol. The normalized spacial score (nSPS) is 27.2. The van der Waals surface area contributed by atoms with Crippen molar-refractivity contribution in [3.63, 3.8) is 0 Å². The quantitative estimate of drug-likeness (QED) is 0.729. The van der Waals surface area contributed by atoms with Crippen molar-refractivity contribution in [3.05, 3.63) is 0 Å². The van der Waals surface area contributed by atoms with E-state index in [1.165, 1.54) is 0 Å². The summed E-state index contributed by atoms with van der Waals surface area (Å²) in [5.74, 6) is 0.462. The highest BCUT2D eigenvalue weighted by Gasteiger charge is 2.29. The van der Waals surface area contributed by atoms with Crippen LogP contribution in [0.25, 0.3) is 0 Å². The van der Waals surface area contributed by atoms with Gasteiger partial charge in [0.15, 0.2) is 0 Å². The number of piperidine rings is 1. The summed E-state index contributed by atoms with van der Waals surface area (Å²) >= 11 is 0. The maximum Gasteiger partial charge on any atom is 0.237 e. The van der Waals surface area contributed by atoms with Crippen LogP contribution in [-0.2, 0) is 14.3 Å². The zero-order valence-corrected chi connectivity index (χ0v) is 12.2. The van der Waals surface area contributed by atoms with Gasteiger partial charge in [0.1, 0.15) is 0 Å². The summed E-state index contributed by atoms with van der Waals surface area (Å²) < 4.78 is 5.29. The number of nitrogens with zero attached hydrogens (tertiary/aromatic N) is 1. The van der Waals surface area contributed by atoms with E-state index >= 15 is 0 Å². The van der Waals surface area contributed by atoms with Gasteiger partial charge in [-0.3, -0.25) is 14.5 Å². The number of carbonyl (C=O) groups excluding carboxylic acids is 2. The van der Waals surface area contributed by atoms with Crippen LogP contribution in [0.5, 0.6) is 0 Å². The monoisotopic (exact) mass is 283 g/mol. The molecule has 0 aliphatic carbocycles. The SMILES string of the molecule is CNC(=O)[C@H]1CCCCN1CC(=O)NC[C@@H]1CCOC1. The van der Waals surface area contributed by atoms with Gasteiger partial charge in [-0.15, -0.1) is 0 Å². The summed E-state index contributed by atoms with van der Waals surface area (Å²) in [5, 5.41) is 5.64. The van der Waals surface area contributed by atoms with Gasteiger partial charge >= 0.3 is 0 Å². The first-order valence-corrected chi connectivity index (χ1v) is 7.51. The molecular weight excluding hydrogens is 258 g/mol. The van der Waals surface area contributed by atoms with Gasteiger partial charge in [0, 0.05) is 26.1 Å². The minimum absolute atomic E-state index is 0.00713. The summed E-state index contributed by atoms with van der Waals surface area (Å²) in [4.78, 5) is 25.8. The predicted molar refractivity (Wildman–Crippen MR) is 75.2 cm³/mol. The maximum atomic E-state index is 12.0. The average Bonchev–Trinajstić information content (AvgIpc) is 2.98. The van der Waals surface area contributed by atoms with Gasteiger partial charge in [-0.25, -0.2) is 0 Å². The van der Waals surface area contributed by atoms with Crippen LogP contribution in [0.2, 0.25) is 0 Å². The number of rotatable bonds is 5. The van der Waals surface area contributed by atoms with Crippen molar-refractivity contribution < 1.29 is 14.3 Å². The van der Waals surface area contributed by atoms with Crippen LogP contribution < -0.4 is 10.6 Å².